The van der Waals surface area contributed by atoms with Gasteiger partial charge in [0.05, 0.1) is 11.1 Å². The molecule has 0 aliphatic heterocycles. The first-order valence-corrected chi connectivity index (χ1v) is 8.90. The van der Waals surface area contributed by atoms with Crippen molar-refractivity contribution in [2.45, 2.75) is 6.54 Å². The number of hydrazone groups is 1. The van der Waals surface area contributed by atoms with Gasteiger partial charge in [0, 0.05) is 32.3 Å². The van der Waals surface area contributed by atoms with Crippen molar-refractivity contribution in [3.05, 3.63) is 69.8 Å². The molecule has 0 saturated heterocycles. The molecule has 0 spiro atoms. The molecule has 1 aromatic heterocycles. The van der Waals surface area contributed by atoms with Crippen molar-refractivity contribution >= 4 is 29.7 Å². The van der Waals surface area contributed by atoms with Crippen LogP contribution in [0.1, 0.15) is 11.1 Å². The van der Waals surface area contributed by atoms with E-state index in [0.717, 1.165) is 5.56 Å². The molecule has 11 heteroatoms. The zero-order valence-electron chi connectivity index (χ0n) is 16.4. The summed E-state index contributed by atoms with van der Waals surface area (Å²) in [7, 11) is 3.59. The number of para-hydroxylation sites is 1. The quantitative estimate of drug-likeness (QED) is 0.291. The predicted octanol–water partition coefficient (Wildman–Crippen LogP) is 2.61. The molecule has 11 nitrogen and oxygen atoms in total. The van der Waals surface area contributed by atoms with Crippen LogP contribution in [0.2, 0.25) is 0 Å². The average molecular weight is 408 g/mol. The maximum Gasteiger partial charge on any atom is 0.311 e. The smallest absolute Gasteiger partial charge is 0.311 e. The number of rotatable bonds is 8. The van der Waals surface area contributed by atoms with Gasteiger partial charge < -0.3 is 15.3 Å². The number of nitrogens with one attached hydrogen (secondary N) is 2. The third-order valence-corrected chi connectivity index (χ3v) is 3.93. The molecule has 3 aromatic rings. The summed E-state index contributed by atoms with van der Waals surface area (Å²) < 4.78 is 0. The third-order valence-electron chi connectivity index (χ3n) is 3.93. The van der Waals surface area contributed by atoms with Crippen molar-refractivity contribution in [1.82, 2.24) is 15.0 Å². The molecule has 0 radical (unpaired) electrons. The Hall–Kier alpha value is -4.28. The van der Waals surface area contributed by atoms with Gasteiger partial charge in [-0.25, -0.2) is 5.43 Å². The van der Waals surface area contributed by atoms with Gasteiger partial charge in [-0.1, -0.05) is 36.4 Å². The van der Waals surface area contributed by atoms with Crippen LogP contribution in [0.4, 0.5) is 23.5 Å². The Morgan fingerprint density at radius 2 is 1.83 bits per heavy atom. The van der Waals surface area contributed by atoms with Crippen molar-refractivity contribution in [2.75, 3.05) is 29.7 Å². The molecule has 0 aliphatic rings. The van der Waals surface area contributed by atoms with Crippen LogP contribution in [0.3, 0.4) is 0 Å². The Balaban J connectivity index is 1.76. The van der Waals surface area contributed by atoms with Crippen LogP contribution in [0, 0.1) is 10.1 Å². The second-order valence-electron chi connectivity index (χ2n) is 6.36. The topological polar surface area (TPSA) is 142 Å². The number of anilines is 3. The molecular formula is C19H20N8O3. The lowest BCUT2D eigenvalue weighted by molar-refractivity contribution is -0.385. The summed E-state index contributed by atoms with van der Waals surface area (Å²) in [6.45, 7) is 0.530. The van der Waals surface area contributed by atoms with Crippen LogP contribution in [0.15, 0.2) is 53.6 Å². The highest BCUT2D eigenvalue weighted by molar-refractivity contribution is 5.85. The zero-order valence-corrected chi connectivity index (χ0v) is 16.4. The molecule has 0 saturated carbocycles. The van der Waals surface area contributed by atoms with Gasteiger partial charge in [-0.05, 0) is 11.6 Å². The fourth-order valence-corrected chi connectivity index (χ4v) is 2.43. The van der Waals surface area contributed by atoms with Crippen LogP contribution in [0.5, 0.6) is 5.75 Å². The molecular weight excluding hydrogens is 388 g/mol. The molecule has 2 aromatic carbocycles. The fraction of sp³-hybridized carbons (Fsp3) is 0.158. The lowest BCUT2D eigenvalue weighted by atomic mass is 10.2. The van der Waals surface area contributed by atoms with Gasteiger partial charge in [0.2, 0.25) is 23.6 Å². The summed E-state index contributed by atoms with van der Waals surface area (Å²) in [5, 5.41) is 28.0. The molecule has 0 aliphatic carbocycles. The number of phenolic OH excluding ortho intramolecular Hbond substituents is 1. The Bertz CT molecular complexity index is 1060. The van der Waals surface area contributed by atoms with E-state index in [1.165, 1.54) is 24.4 Å². The lowest BCUT2D eigenvalue weighted by Gasteiger charge is -2.13. The molecule has 1 heterocycles. The summed E-state index contributed by atoms with van der Waals surface area (Å²) >= 11 is 0. The van der Waals surface area contributed by atoms with Gasteiger partial charge >= 0.3 is 5.69 Å². The minimum absolute atomic E-state index is 0.172. The highest BCUT2D eigenvalue weighted by Gasteiger charge is 2.15. The number of hydrogen-bond donors (Lipinski definition) is 3. The van der Waals surface area contributed by atoms with E-state index in [9.17, 15) is 15.2 Å². The van der Waals surface area contributed by atoms with E-state index in [0.29, 0.717) is 18.4 Å². The van der Waals surface area contributed by atoms with Crippen LogP contribution < -0.4 is 15.6 Å². The number of nitrogens with zero attached hydrogens (tertiary/aromatic N) is 6. The van der Waals surface area contributed by atoms with E-state index in [2.05, 4.69) is 30.8 Å². The SMILES string of the molecule is CN(C)c1nc(NCc2ccccc2)nc(N/N=C/c2cccc([N+](=O)[O-])c2O)n1. The van der Waals surface area contributed by atoms with Gasteiger partial charge in [0.25, 0.3) is 0 Å². The summed E-state index contributed by atoms with van der Waals surface area (Å²) in [4.78, 5) is 24.8. The zero-order chi connectivity index (χ0) is 21.5. The Labute approximate surface area is 172 Å². The monoisotopic (exact) mass is 408 g/mol. The molecule has 3 rings (SSSR count). The summed E-state index contributed by atoms with van der Waals surface area (Å²) in [5.41, 5.74) is 3.51. The Morgan fingerprint density at radius 3 is 2.53 bits per heavy atom. The van der Waals surface area contributed by atoms with Crippen LogP contribution in [-0.4, -0.2) is 45.3 Å². The van der Waals surface area contributed by atoms with Gasteiger partial charge in [-0.15, -0.1) is 0 Å². The van der Waals surface area contributed by atoms with Gasteiger partial charge in [-0.2, -0.15) is 20.1 Å². The van der Waals surface area contributed by atoms with E-state index < -0.39 is 16.4 Å². The third kappa shape index (κ3) is 5.16. The molecule has 3 N–H and O–H groups in total. The first-order chi connectivity index (χ1) is 14.4. The number of aromatic nitrogens is 3. The van der Waals surface area contributed by atoms with Gasteiger partial charge in [0.1, 0.15) is 0 Å². The summed E-state index contributed by atoms with van der Waals surface area (Å²) in [6, 6.07) is 14.0. The van der Waals surface area contributed by atoms with E-state index in [1.54, 1.807) is 19.0 Å². The Kier molecular flexibility index (Phi) is 6.33. The minimum atomic E-state index is -0.667. The van der Waals surface area contributed by atoms with E-state index in [1.807, 2.05) is 30.3 Å². The molecule has 0 fully saturated rings. The molecule has 0 atom stereocenters. The van der Waals surface area contributed by atoms with Crippen molar-refractivity contribution in [2.24, 2.45) is 5.10 Å². The first-order valence-electron chi connectivity index (χ1n) is 8.90. The molecule has 0 unspecified atom stereocenters. The number of hydrogen-bond acceptors (Lipinski definition) is 10. The second kappa shape index (κ2) is 9.28. The van der Waals surface area contributed by atoms with E-state index >= 15 is 0 Å². The van der Waals surface area contributed by atoms with Crippen molar-refractivity contribution in [3.63, 3.8) is 0 Å². The maximum absolute atomic E-state index is 10.9. The molecule has 0 bridgehead atoms. The Morgan fingerprint density at radius 1 is 1.10 bits per heavy atom. The normalized spacial score (nSPS) is 10.7. The molecule has 0 amide bonds. The summed E-state index contributed by atoms with van der Waals surface area (Å²) in [6.07, 6.45) is 1.25. The number of nitro groups is 1. The minimum Gasteiger partial charge on any atom is -0.502 e. The fourth-order valence-electron chi connectivity index (χ4n) is 2.43. The van der Waals surface area contributed by atoms with Crippen molar-refractivity contribution < 1.29 is 10.0 Å². The standard InChI is InChI=1S/C19H20N8O3/c1-26(2)19-23-17(20-11-13-7-4-3-5-8-13)22-18(24-19)25-21-12-14-9-6-10-15(16(14)28)27(29)30/h3-10,12,28H,11H2,1-2H3,(H2,20,22,23,24,25)/b21-12+. The van der Waals surface area contributed by atoms with Gasteiger partial charge in [-0.3, -0.25) is 10.1 Å². The highest BCUT2D eigenvalue weighted by atomic mass is 16.6. The first kappa shape index (κ1) is 20.5. The number of nitro benzene ring substituents is 1. The second-order valence-corrected chi connectivity index (χ2v) is 6.36. The van der Waals surface area contributed by atoms with Crippen LogP contribution in [0.25, 0.3) is 0 Å². The predicted molar refractivity (Wildman–Crippen MR) is 114 cm³/mol. The van der Waals surface area contributed by atoms with Crippen LogP contribution in [-0.2, 0) is 6.54 Å². The number of benzene rings is 2. The largest absolute Gasteiger partial charge is 0.502 e. The highest BCUT2D eigenvalue weighted by Crippen LogP contribution is 2.28. The lowest BCUT2D eigenvalue weighted by Crippen LogP contribution is -2.16. The number of phenols is 1. The van der Waals surface area contributed by atoms with E-state index in [-0.39, 0.29) is 11.5 Å². The van der Waals surface area contributed by atoms with Crippen molar-refractivity contribution in [3.8, 4) is 5.75 Å². The van der Waals surface area contributed by atoms with Crippen LogP contribution >= 0.6 is 0 Å². The molecule has 30 heavy (non-hydrogen) atoms. The van der Waals surface area contributed by atoms with E-state index in [4.69, 9.17) is 0 Å². The number of aromatic hydroxyl groups is 1. The molecule has 154 valence electrons. The maximum atomic E-state index is 10.9. The average Bonchev–Trinajstić information content (AvgIpc) is 2.74. The van der Waals surface area contributed by atoms with Gasteiger partial charge in [0.15, 0.2) is 0 Å². The summed E-state index contributed by atoms with van der Waals surface area (Å²) in [5.74, 6) is 0.471. The van der Waals surface area contributed by atoms with Crippen molar-refractivity contribution in [1.29, 1.82) is 0 Å².